The van der Waals surface area contributed by atoms with Crippen molar-refractivity contribution in [2.75, 3.05) is 5.73 Å². The molecular formula is C13H15IN4. The molecule has 2 heterocycles. The Morgan fingerprint density at radius 1 is 1.33 bits per heavy atom. The summed E-state index contributed by atoms with van der Waals surface area (Å²) in [6.07, 6.45) is 4.38. The fourth-order valence-electron chi connectivity index (χ4n) is 1.66. The van der Waals surface area contributed by atoms with E-state index < -0.39 is 0 Å². The van der Waals surface area contributed by atoms with Gasteiger partial charge in [-0.15, -0.1) is 0 Å². The van der Waals surface area contributed by atoms with Gasteiger partial charge in [-0.05, 0) is 47.1 Å². The third kappa shape index (κ3) is 2.95. The van der Waals surface area contributed by atoms with Crippen LogP contribution in [0.15, 0.2) is 24.5 Å². The van der Waals surface area contributed by atoms with Crippen molar-refractivity contribution in [3.63, 3.8) is 0 Å². The molecule has 0 aliphatic heterocycles. The maximum Gasteiger partial charge on any atom is 0.163 e. The number of pyridine rings is 1. The Hall–Kier alpha value is -1.24. The van der Waals surface area contributed by atoms with E-state index in [0.29, 0.717) is 17.6 Å². The largest absolute Gasteiger partial charge is 0.383 e. The van der Waals surface area contributed by atoms with E-state index in [4.69, 9.17) is 5.73 Å². The number of nitrogens with two attached hydrogens (primary N) is 1. The molecule has 0 saturated carbocycles. The molecule has 0 bridgehead atoms. The van der Waals surface area contributed by atoms with Crippen molar-refractivity contribution in [2.24, 2.45) is 5.92 Å². The Morgan fingerprint density at radius 2 is 2.11 bits per heavy atom. The van der Waals surface area contributed by atoms with Crippen molar-refractivity contribution in [3.05, 3.63) is 33.8 Å². The van der Waals surface area contributed by atoms with Crippen LogP contribution < -0.4 is 5.73 Å². The van der Waals surface area contributed by atoms with Crippen molar-refractivity contribution in [2.45, 2.75) is 20.3 Å². The van der Waals surface area contributed by atoms with E-state index in [9.17, 15) is 0 Å². The molecule has 0 amide bonds. The van der Waals surface area contributed by atoms with Gasteiger partial charge >= 0.3 is 0 Å². The van der Waals surface area contributed by atoms with Crippen LogP contribution in [0.4, 0.5) is 5.82 Å². The molecule has 4 nitrogen and oxygen atoms in total. The molecule has 0 fully saturated rings. The summed E-state index contributed by atoms with van der Waals surface area (Å²) in [5, 5.41) is 0. The molecule has 2 aromatic rings. The van der Waals surface area contributed by atoms with E-state index in [1.165, 1.54) is 0 Å². The van der Waals surface area contributed by atoms with E-state index in [2.05, 4.69) is 51.4 Å². The minimum atomic E-state index is 0.537. The van der Waals surface area contributed by atoms with E-state index in [0.717, 1.165) is 21.2 Å². The first-order chi connectivity index (χ1) is 8.58. The van der Waals surface area contributed by atoms with Gasteiger partial charge in [0.15, 0.2) is 5.82 Å². The van der Waals surface area contributed by atoms with Gasteiger partial charge in [0.05, 0.1) is 9.26 Å². The Bertz CT molecular complexity index is 540. The highest BCUT2D eigenvalue weighted by molar-refractivity contribution is 14.1. The lowest BCUT2D eigenvalue weighted by Crippen LogP contribution is -2.07. The first-order valence-corrected chi connectivity index (χ1v) is 6.88. The number of rotatable bonds is 3. The van der Waals surface area contributed by atoms with Crippen LogP contribution in [0.5, 0.6) is 0 Å². The minimum Gasteiger partial charge on any atom is -0.383 e. The van der Waals surface area contributed by atoms with E-state index in [-0.39, 0.29) is 0 Å². The molecule has 2 rings (SSSR count). The molecule has 0 spiro atoms. The number of anilines is 1. The van der Waals surface area contributed by atoms with Crippen LogP contribution in [-0.2, 0) is 6.42 Å². The zero-order chi connectivity index (χ0) is 13.1. The summed E-state index contributed by atoms with van der Waals surface area (Å²) in [6, 6.07) is 3.81. The third-order valence-corrected chi connectivity index (χ3v) is 3.64. The lowest BCUT2D eigenvalue weighted by atomic mass is 10.1. The highest BCUT2D eigenvalue weighted by atomic mass is 127. The standard InChI is InChI=1S/C13H15IN4/c1-8(2)6-10-11(14)12(15)18-13(17-10)9-4-3-5-16-7-9/h3-5,7-8H,6H2,1-2H3,(H2,15,17,18). The summed E-state index contributed by atoms with van der Waals surface area (Å²) in [7, 11) is 0. The van der Waals surface area contributed by atoms with Crippen LogP contribution in [-0.4, -0.2) is 15.0 Å². The quantitative estimate of drug-likeness (QED) is 0.861. The number of nitrogen functional groups attached to an aromatic ring is 1. The van der Waals surface area contributed by atoms with Gasteiger partial charge in [0.25, 0.3) is 0 Å². The molecule has 94 valence electrons. The average Bonchev–Trinajstić information content (AvgIpc) is 2.35. The molecule has 0 unspecified atom stereocenters. The van der Waals surface area contributed by atoms with Gasteiger partial charge in [0.1, 0.15) is 5.82 Å². The SMILES string of the molecule is CC(C)Cc1nc(-c2cccnc2)nc(N)c1I. The maximum absolute atomic E-state index is 5.96. The number of hydrogen-bond acceptors (Lipinski definition) is 4. The van der Waals surface area contributed by atoms with E-state index in [1.807, 2.05) is 12.1 Å². The van der Waals surface area contributed by atoms with Crippen LogP contribution >= 0.6 is 22.6 Å². The van der Waals surface area contributed by atoms with Crippen LogP contribution in [0, 0.1) is 9.49 Å². The summed E-state index contributed by atoms with van der Waals surface area (Å²) >= 11 is 2.21. The Balaban J connectivity index is 2.47. The molecular weight excluding hydrogens is 339 g/mol. The van der Waals surface area contributed by atoms with Gasteiger partial charge in [-0.25, -0.2) is 9.97 Å². The monoisotopic (exact) mass is 354 g/mol. The highest BCUT2D eigenvalue weighted by Gasteiger charge is 2.12. The molecule has 0 aromatic carbocycles. The average molecular weight is 354 g/mol. The summed E-state index contributed by atoms with van der Waals surface area (Å²) in [6.45, 7) is 4.33. The smallest absolute Gasteiger partial charge is 0.163 e. The molecule has 0 aliphatic carbocycles. The second-order valence-corrected chi connectivity index (χ2v) is 5.61. The normalized spacial score (nSPS) is 10.9. The molecule has 2 N–H and O–H groups in total. The van der Waals surface area contributed by atoms with Crippen LogP contribution in [0.2, 0.25) is 0 Å². The summed E-state index contributed by atoms with van der Waals surface area (Å²) in [5.74, 6) is 1.73. The summed E-state index contributed by atoms with van der Waals surface area (Å²) < 4.78 is 0.953. The predicted octanol–water partition coefficient (Wildman–Crippen LogP) is 2.92. The second-order valence-electron chi connectivity index (χ2n) is 4.53. The molecule has 18 heavy (non-hydrogen) atoms. The highest BCUT2D eigenvalue weighted by Crippen LogP contribution is 2.23. The topological polar surface area (TPSA) is 64.7 Å². The zero-order valence-corrected chi connectivity index (χ0v) is 12.5. The van der Waals surface area contributed by atoms with Crippen molar-refractivity contribution < 1.29 is 0 Å². The van der Waals surface area contributed by atoms with E-state index in [1.54, 1.807) is 12.4 Å². The second kappa shape index (κ2) is 5.60. The Morgan fingerprint density at radius 3 is 2.72 bits per heavy atom. The van der Waals surface area contributed by atoms with Crippen LogP contribution in [0.3, 0.4) is 0 Å². The van der Waals surface area contributed by atoms with Crippen molar-refractivity contribution in [1.29, 1.82) is 0 Å². The predicted molar refractivity (Wildman–Crippen MR) is 80.9 cm³/mol. The first kappa shape index (κ1) is 13.2. The van der Waals surface area contributed by atoms with Crippen molar-refractivity contribution >= 4 is 28.4 Å². The molecule has 0 saturated heterocycles. The van der Waals surface area contributed by atoms with Crippen molar-refractivity contribution in [3.8, 4) is 11.4 Å². The summed E-state index contributed by atoms with van der Waals surface area (Å²) in [4.78, 5) is 13.0. The maximum atomic E-state index is 5.96. The molecule has 0 radical (unpaired) electrons. The van der Waals surface area contributed by atoms with E-state index >= 15 is 0 Å². The Kier molecular flexibility index (Phi) is 4.11. The molecule has 5 heteroatoms. The van der Waals surface area contributed by atoms with Gasteiger partial charge in [0.2, 0.25) is 0 Å². The van der Waals surface area contributed by atoms with Crippen molar-refractivity contribution in [1.82, 2.24) is 15.0 Å². The number of hydrogen-bond donors (Lipinski definition) is 1. The number of nitrogens with zero attached hydrogens (tertiary/aromatic N) is 3. The van der Waals surface area contributed by atoms with Gasteiger partial charge < -0.3 is 5.73 Å². The number of aromatic nitrogens is 3. The third-order valence-electron chi connectivity index (χ3n) is 2.47. The van der Waals surface area contributed by atoms with Gasteiger partial charge in [-0.2, -0.15) is 0 Å². The zero-order valence-electron chi connectivity index (χ0n) is 10.4. The molecule has 0 aliphatic rings. The summed E-state index contributed by atoms with van der Waals surface area (Å²) in [5.41, 5.74) is 7.86. The minimum absolute atomic E-state index is 0.537. The van der Waals surface area contributed by atoms with Crippen LogP contribution in [0.25, 0.3) is 11.4 Å². The van der Waals surface area contributed by atoms with Gasteiger partial charge in [-0.3, -0.25) is 4.98 Å². The fraction of sp³-hybridized carbons (Fsp3) is 0.308. The van der Waals surface area contributed by atoms with Gasteiger partial charge in [0, 0.05) is 18.0 Å². The fourth-order valence-corrected chi connectivity index (χ4v) is 2.12. The van der Waals surface area contributed by atoms with Gasteiger partial charge in [-0.1, -0.05) is 13.8 Å². The molecule has 2 aromatic heterocycles. The number of halogens is 1. The lowest BCUT2D eigenvalue weighted by Gasteiger charge is -2.10. The van der Waals surface area contributed by atoms with Crippen LogP contribution in [0.1, 0.15) is 19.5 Å². The molecule has 0 atom stereocenters. The lowest BCUT2D eigenvalue weighted by molar-refractivity contribution is 0.632. The Labute approximate surface area is 120 Å². The first-order valence-electron chi connectivity index (χ1n) is 5.80.